The Morgan fingerprint density at radius 3 is 2.22 bits per heavy atom. The summed E-state index contributed by atoms with van der Waals surface area (Å²) in [5.74, 6) is -0.227. The second-order valence-electron chi connectivity index (χ2n) is 4.96. The Kier molecular flexibility index (Phi) is 4.46. The van der Waals surface area contributed by atoms with E-state index in [1.54, 1.807) is 12.1 Å². The zero-order valence-corrected chi connectivity index (χ0v) is 13.1. The predicted molar refractivity (Wildman–Crippen MR) is 94.1 cm³/mol. The maximum Gasteiger partial charge on any atom is 0.213 e. The van der Waals surface area contributed by atoms with E-state index in [1.807, 2.05) is 72.1 Å². The first kappa shape index (κ1) is 15.0. The Labute approximate surface area is 139 Å². The van der Waals surface area contributed by atoms with Crippen LogP contribution in [0.15, 0.2) is 77.7 Å². The average molecular weight is 315 g/mol. The Morgan fingerprint density at radius 2 is 1.61 bits per heavy atom. The van der Waals surface area contributed by atoms with Gasteiger partial charge in [0.05, 0.1) is 4.88 Å². The van der Waals surface area contributed by atoms with E-state index >= 15 is 0 Å². The van der Waals surface area contributed by atoms with Crippen LogP contribution in [-0.4, -0.2) is 5.78 Å². The molecule has 3 heteroatoms. The third-order valence-electron chi connectivity index (χ3n) is 3.44. The maximum atomic E-state index is 12.2. The standard InChI is InChI=1S/C20H13NOS/c21-14-18(20(22)19-7-4-12-23-19)13-15-8-10-17(11-9-15)16-5-2-1-3-6-16/h1-13H/b18-13+. The summed E-state index contributed by atoms with van der Waals surface area (Å²) < 4.78 is 0. The first-order chi connectivity index (χ1) is 11.3. The molecule has 0 bridgehead atoms. The van der Waals surface area contributed by atoms with E-state index in [2.05, 4.69) is 0 Å². The molecule has 0 spiro atoms. The number of benzene rings is 2. The molecule has 0 unspecified atom stereocenters. The zero-order valence-electron chi connectivity index (χ0n) is 12.3. The lowest BCUT2D eigenvalue weighted by Crippen LogP contribution is -1.98. The number of Topliss-reactive ketones (excluding diaryl/α,β-unsaturated/α-hetero) is 1. The molecular formula is C20H13NOS. The lowest BCUT2D eigenvalue weighted by molar-refractivity contribution is 0.104. The quantitative estimate of drug-likeness (QED) is 0.377. The van der Waals surface area contributed by atoms with Gasteiger partial charge < -0.3 is 0 Å². The van der Waals surface area contributed by atoms with Gasteiger partial charge in [-0.15, -0.1) is 11.3 Å². The monoisotopic (exact) mass is 315 g/mol. The highest BCUT2D eigenvalue weighted by Crippen LogP contribution is 2.21. The Hall–Kier alpha value is -2.96. The van der Waals surface area contributed by atoms with E-state index in [9.17, 15) is 10.1 Å². The van der Waals surface area contributed by atoms with Gasteiger partial charge in [0.1, 0.15) is 11.6 Å². The largest absolute Gasteiger partial charge is 0.287 e. The second-order valence-corrected chi connectivity index (χ2v) is 5.91. The van der Waals surface area contributed by atoms with Crippen LogP contribution in [0.25, 0.3) is 17.2 Å². The minimum Gasteiger partial charge on any atom is -0.287 e. The molecule has 0 saturated heterocycles. The molecule has 23 heavy (non-hydrogen) atoms. The molecule has 0 N–H and O–H groups in total. The van der Waals surface area contributed by atoms with Crippen LogP contribution in [0.5, 0.6) is 0 Å². The molecule has 0 aliphatic carbocycles. The smallest absolute Gasteiger partial charge is 0.213 e. The normalized spacial score (nSPS) is 11.0. The summed E-state index contributed by atoms with van der Waals surface area (Å²) >= 11 is 1.34. The number of carbonyl (C=O) groups is 1. The Balaban J connectivity index is 1.87. The van der Waals surface area contributed by atoms with Crippen molar-refractivity contribution in [2.75, 3.05) is 0 Å². The molecule has 0 aliphatic rings. The average Bonchev–Trinajstić information content (AvgIpc) is 3.15. The van der Waals surface area contributed by atoms with Crippen LogP contribution in [0.4, 0.5) is 0 Å². The van der Waals surface area contributed by atoms with E-state index in [4.69, 9.17) is 0 Å². The van der Waals surface area contributed by atoms with Crippen molar-refractivity contribution in [1.29, 1.82) is 5.26 Å². The first-order valence-electron chi connectivity index (χ1n) is 7.13. The summed E-state index contributed by atoms with van der Waals surface area (Å²) in [5.41, 5.74) is 3.23. The minimum atomic E-state index is -0.227. The summed E-state index contributed by atoms with van der Waals surface area (Å²) in [6, 6.07) is 23.4. The number of thiophene rings is 1. The van der Waals surface area contributed by atoms with Crippen molar-refractivity contribution in [2.24, 2.45) is 0 Å². The van der Waals surface area contributed by atoms with Gasteiger partial charge in [-0.05, 0) is 34.2 Å². The van der Waals surface area contributed by atoms with Crippen LogP contribution in [0.2, 0.25) is 0 Å². The topological polar surface area (TPSA) is 40.9 Å². The van der Waals surface area contributed by atoms with Gasteiger partial charge >= 0.3 is 0 Å². The van der Waals surface area contributed by atoms with Gasteiger partial charge in [-0.2, -0.15) is 5.26 Å². The Bertz CT molecular complexity index is 870. The lowest BCUT2D eigenvalue weighted by atomic mass is 10.0. The highest BCUT2D eigenvalue weighted by molar-refractivity contribution is 7.12. The summed E-state index contributed by atoms with van der Waals surface area (Å²) in [6.07, 6.45) is 1.64. The molecule has 0 fully saturated rings. The number of hydrogen-bond acceptors (Lipinski definition) is 3. The fourth-order valence-corrected chi connectivity index (χ4v) is 2.94. The molecule has 2 nitrogen and oxygen atoms in total. The third-order valence-corrected chi connectivity index (χ3v) is 4.31. The maximum absolute atomic E-state index is 12.2. The molecule has 1 aromatic heterocycles. The fraction of sp³-hybridized carbons (Fsp3) is 0. The number of nitriles is 1. The molecule has 3 aromatic rings. The molecular weight excluding hydrogens is 302 g/mol. The zero-order chi connectivity index (χ0) is 16.1. The van der Waals surface area contributed by atoms with Crippen LogP contribution in [-0.2, 0) is 0 Å². The molecule has 0 atom stereocenters. The predicted octanol–water partition coefficient (Wildman–Crippen LogP) is 5.20. The number of nitrogens with zero attached hydrogens (tertiary/aromatic N) is 1. The molecule has 0 amide bonds. The number of rotatable bonds is 4. The Morgan fingerprint density at radius 1 is 0.913 bits per heavy atom. The van der Waals surface area contributed by atoms with Gasteiger partial charge in [0.25, 0.3) is 0 Å². The highest BCUT2D eigenvalue weighted by atomic mass is 32.1. The molecule has 1 heterocycles. The first-order valence-corrected chi connectivity index (χ1v) is 8.01. The molecule has 0 radical (unpaired) electrons. The number of ketones is 1. The van der Waals surface area contributed by atoms with Gasteiger partial charge in [0.2, 0.25) is 5.78 Å². The SMILES string of the molecule is N#C/C(=C\c1ccc(-c2ccccc2)cc1)C(=O)c1cccs1. The van der Waals surface area contributed by atoms with E-state index in [-0.39, 0.29) is 11.4 Å². The number of carbonyl (C=O) groups excluding carboxylic acids is 1. The van der Waals surface area contributed by atoms with Crippen LogP contribution in [0.3, 0.4) is 0 Å². The van der Waals surface area contributed by atoms with Gasteiger partial charge in [-0.3, -0.25) is 4.79 Å². The van der Waals surface area contributed by atoms with Crippen LogP contribution in [0, 0.1) is 11.3 Å². The van der Waals surface area contributed by atoms with E-state index in [0.29, 0.717) is 4.88 Å². The van der Waals surface area contributed by atoms with Crippen molar-refractivity contribution in [3.05, 3.63) is 88.1 Å². The van der Waals surface area contributed by atoms with Crippen molar-refractivity contribution in [3.8, 4) is 17.2 Å². The van der Waals surface area contributed by atoms with Crippen LogP contribution in [0.1, 0.15) is 15.2 Å². The van der Waals surface area contributed by atoms with Crippen molar-refractivity contribution >= 4 is 23.2 Å². The molecule has 3 rings (SSSR count). The van der Waals surface area contributed by atoms with Crippen molar-refractivity contribution in [2.45, 2.75) is 0 Å². The van der Waals surface area contributed by atoms with Gasteiger partial charge in [-0.1, -0.05) is 60.7 Å². The summed E-state index contributed by atoms with van der Waals surface area (Å²) in [7, 11) is 0. The summed E-state index contributed by atoms with van der Waals surface area (Å²) in [6.45, 7) is 0. The summed E-state index contributed by atoms with van der Waals surface area (Å²) in [4.78, 5) is 12.8. The highest BCUT2D eigenvalue weighted by Gasteiger charge is 2.12. The lowest BCUT2D eigenvalue weighted by Gasteiger charge is -2.02. The molecule has 0 saturated carbocycles. The molecule has 0 aliphatic heterocycles. The molecule has 110 valence electrons. The fourth-order valence-electron chi connectivity index (χ4n) is 2.26. The third kappa shape index (κ3) is 3.45. The van der Waals surface area contributed by atoms with Crippen LogP contribution >= 0.6 is 11.3 Å². The van der Waals surface area contributed by atoms with Crippen molar-refractivity contribution in [3.63, 3.8) is 0 Å². The second kappa shape index (κ2) is 6.87. The van der Waals surface area contributed by atoms with Gasteiger partial charge in [0, 0.05) is 0 Å². The van der Waals surface area contributed by atoms with Gasteiger partial charge in [0.15, 0.2) is 0 Å². The minimum absolute atomic E-state index is 0.153. The van der Waals surface area contributed by atoms with E-state index < -0.39 is 0 Å². The van der Waals surface area contributed by atoms with Crippen LogP contribution < -0.4 is 0 Å². The van der Waals surface area contributed by atoms with Crippen molar-refractivity contribution < 1.29 is 4.79 Å². The van der Waals surface area contributed by atoms with Crippen molar-refractivity contribution in [1.82, 2.24) is 0 Å². The molecule has 2 aromatic carbocycles. The number of hydrogen-bond donors (Lipinski definition) is 0. The van der Waals surface area contributed by atoms with Gasteiger partial charge in [-0.25, -0.2) is 0 Å². The van der Waals surface area contributed by atoms with E-state index in [0.717, 1.165) is 16.7 Å². The van der Waals surface area contributed by atoms with E-state index in [1.165, 1.54) is 11.3 Å². The number of allylic oxidation sites excluding steroid dienone is 1. The summed E-state index contributed by atoms with van der Waals surface area (Å²) in [5, 5.41) is 11.1.